The third-order valence-electron chi connectivity index (χ3n) is 3.05. The zero-order chi connectivity index (χ0) is 14.1. The number of nitrogens with zero attached hydrogens (tertiary/aromatic N) is 1. The third kappa shape index (κ3) is 2.44. The Labute approximate surface area is 129 Å². The van der Waals surface area contributed by atoms with Crippen LogP contribution >= 0.6 is 27.5 Å². The lowest BCUT2D eigenvalue weighted by atomic mass is 10.1. The standard InChI is InChI=1S/C15H11BrClN3/c16-9-1-2-12(17)15(7-9)20-14-4-3-13(18)11-8-19-6-5-10(11)14/h1-8,20H,18H2. The van der Waals surface area contributed by atoms with Crippen LogP contribution in [0.25, 0.3) is 10.8 Å². The van der Waals surface area contributed by atoms with Gasteiger partial charge in [-0.3, -0.25) is 4.98 Å². The molecule has 20 heavy (non-hydrogen) atoms. The Bertz CT molecular complexity index is 789. The molecule has 0 radical (unpaired) electrons. The van der Waals surface area contributed by atoms with Gasteiger partial charge in [-0.25, -0.2) is 0 Å². The van der Waals surface area contributed by atoms with Gasteiger partial charge >= 0.3 is 0 Å². The average molecular weight is 349 g/mol. The van der Waals surface area contributed by atoms with Crippen LogP contribution in [0, 0.1) is 0 Å². The average Bonchev–Trinajstić information content (AvgIpc) is 2.46. The summed E-state index contributed by atoms with van der Waals surface area (Å²) in [5.74, 6) is 0. The maximum atomic E-state index is 6.21. The topological polar surface area (TPSA) is 50.9 Å². The second kappa shape index (κ2) is 5.31. The van der Waals surface area contributed by atoms with Crippen molar-refractivity contribution >= 4 is 55.4 Å². The monoisotopic (exact) mass is 347 g/mol. The van der Waals surface area contributed by atoms with Gasteiger partial charge in [0.05, 0.1) is 10.7 Å². The van der Waals surface area contributed by atoms with E-state index in [1.165, 1.54) is 0 Å². The van der Waals surface area contributed by atoms with Crippen molar-refractivity contribution in [1.82, 2.24) is 4.98 Å². The van der Waals surface area contributed by atoms with E-state index in [2.05, 4.69) is 26.2 Å². The largest absolute Gasteiger partial charge is 0.398 e. The Balaban J connectivity index is 2.11. The molecule has 0 aliphatic carbocycles. The van der Waals surface area contributed by atoms with E-state index in [0.29, 0.717) is 10.7 Å². The highest BCUT2D eigenvalue weighted by atomic mass is 79.9. The van der Waals surface area contributed by atoms with Crippen molar-refractivity contribution in [2.75, 3.05) is 11.1 Å². The van der Waals surface area contributed by atoms with Crippen molar-refractivity contribution in [3.63, 3.8) is 0 Å². The quantitative estimate of drug-likeness (QED) is 0.642. The zero-order valence-electron chi connectivity index (χ0n) is 10.4. The molecule has 3 aromatic rings. The SMILES string of the molecule is Nc1ccc(Nc2cc(Br)ccc2Cl)c2ccncc12. The Morgan fingerprint density at radius 2 is 1.90 bits per heavy atom. The second-order valence-corrected chi connectivity index (χ2v) is 5.70. The molecule has 0 fully saturated rings. The van der Waals surface area contributed by atoms with Crippen LogP contribution in [0.4, 0.5) is 17.1 Å². The summed E-state index contributed by atoms with van der Waals surface area (Å²) in [5.41, 5.74) is 8.46. The highest BCUT2D eigenvalue weighted by molar-refractivity contribution is 9.10. The molecule has 5 heteroatoms. The summed E-state index contributed by atoms with van der Waals surface area (Å²) in [7, 11) is 0. The summed E-state index contributed by atoms with van der Waals surface area (Å²) >= 11 is 9.65. The number of hydrogen-bond donors (Lipinski definition) is 2. The normalized spacial score (nSPS) is 10.7. The molecule has 0 bridgehead atoms. The molecule has 0 saturated carbocycles. The molecule has 1 aromatic heterocycles. The van der Waals surface area contributed by atoms with Crippen LogP contribution in [0.3, 0.4) is 0 Å². The molecule has 3 rings (SSSR count). The Morgan fingerprint density at radius 3 is 2.75 bits per heavy atom. The highest BCUT2D eigenvalue weighted by Gasteiger charge is 2.07. The van der Waals surface area contributed by atoms with E-state index in [-0.39, 0.29) is 0 Å². The molecule has 3 nitrogen and oxygen atoms in total. The van der Waals surface area contributed by atoms with E-state index in [1.54, 1.807) is 12.4 Å². The molecule has 0 amide bonds. The number of nitrogen functional groups attached to an aromatic ring is 1. The van der Waals surface area contributed by atoms with Gasteiger partial charge < -0.3 is 11.1 Å². The molecule has 2 aromatic carbocycles. The van der Waals surface area contributed by atoms with Gasteiger partial charge in [0.1, 0.15) is 0 Å². The van der Waals surface area contributed by atoms with Gasteiger partial charge in [-0.05, 0) is 36.4 Å². The van der Waals surface area contributed by atoms with Gasteiger partial charge in [0.25, 0.3) is 0 Å². The van der Waals surface area contributed by atoms with Crippen molar-refractivity contribution in [1.29, 1.82) is 0 Å². The van der Waals surface area contributed by atoms with E-state index in [4.69, 9.17) is 17.3 Å². The summed E-state index contributed by atoms with van der Waals surface area (Å²) in [6.45, 7) is 0. The van der Waals surface area contributed by atoms with Crippen LogP contribution in [0.15, 0.2) is 53.3 Å². The fourth-order valence-corrected chi connectivity index (χ4v) is 2.59. The van der Waals surface area contributed by atoms with Gasteiger partial charge in [0.15, 0.2) is 0 Å². The number of rotatable bonds is 2. The number of aromatic nitrogens is 1. The molecule has 0 aliphatic rings. The summed E-state index contributed by atoms with van der Waals surface area (Å²) < 4.78 is 0.964. The number of halogens is 2. The van der Waals surface area contributed by atoms with Gasteiger partial charge in [-0.1, -0.05) is 27.5 Å². The first-order chi connectivity index (χ1) is 9.65. The number of nitrogens with one attached hydrogen (secondary N) is 1. The van der Waals surface area contributed by atoms with Crippen molar-refractivity contribution < 1.29 is 0 Å². The number of hydrogen-bond acceptors (Lipinski definition) is 3. The van der Waals surface area contributed by atoms with E-state index in [1.807, 2.05) is 36.4 Å². The Morgan fingerprint density at radius 1 is 1.05 bits per heavy atom. The molecular formula is C15H11BrClN3. The first-order valence-electron chi connectivity index (χ1n) is 5.99. The number of benzene rings is 2. The first-order valence-corrected chi connectivity index (χ1v) is 7.16. The van der Waals surface area contributed by atoms with Crippen molar-refractivity contribution in [3.8, 4) is 0 Å². The second-order valence-electron chi connectivity index (χ2n) is 4.37. The molecular weight excluding hydrogens is 338 g/mol. The van der Waals surface area contributed by atoms with E-state index < -0.39 is 0 Å². The predicted octanol–water partition coefficient (Wildman–Crippen LogP) is 4.98. The first kappa shape index (κ1) is 13.2. The minimum Gasteiger partial charge on any atom is -0.398 e. The maximum Gasteiger partial charge on any atom is 0.0641 e. The maximum absolute atomic E-state index is 6.21. The summed E-state index contributed by atoms with van der Waals surface area (Å²) in [5, 5.41) is 5.93. The van der Waals surface area contributed by atoms with E-state index in [0.717, 1.165) is 26.6 Å². The molecule has 0 aliphatic heterocycles. The lowest BCUT2D eigenvalue weighted by molar-refractivity contribution is 1.36. The van der Waals surface area contributed by atoms with Crippen molar-refractivity contribution in [2.45, 2.75) is 0 Å². The van der Waals surface area contributed by atoms with Gasteiger partial charge in [0.2, 0.25) is 0 Å². The molecule has 3 N–H and O–H groups in total. The number of anilines is 3. The van der Waals surface area contributed by atoms with E-state index in [9.17, 15) is 0 Å². The van der Waals surface area contributed by atoms with Crippen LogP contribution < -0.4 is 11.1 Å². The number of fused-ring (bicyclic) bond motifs is 1. The zero-order valence-corrected chi connectivity index (χ0v) is 12.7. The molecule has 0 spiro atoms. The van der Waals surface area contributed by atoms with Crippen molar-refractivity contribution in [3.05, 3.63) is 58.3 Å². The predicted molar refractivity (Wildman–Crippen MR) is 88.6 cm³/mol. The van der Waals surface area contributed by atoms with E-state index >= 15 is 0 Å². The van der Waals surface area contributed by atoms with Crippen molar-refractivity contribution in [2.24, 2.45) is 0 Å². The van der Waals surface area contributed by atoms with Gasteiger partial charge in [-0.15, -0.1) is 0 Å². The number of nitrogens with two attached hydrogens (primary N) is 1. The molecule has 0 saturated heterocycles. The molecule has 1 heterocycles. The lowest BCUT2D eigenvalue weighted by Crippen LogP contribution is -1.95. The Kier molecular flexibility index (Phi) is 3.51. The smallest absolute Gasteiger partial charge is 0.0641 e. The van der Waals surface area contributed by atoms with Crippen LogP contribution in [-0.4, -0.2) is 4.98 Å². The summed E-state index contributed by atoms with van der Waals surface area (Å²) in [4.78, 5) is 4.11. The summed E-state index contributed by atoms with van der Waals surface area (Å²) in [6, 6.07) is 11.4. The lowest BCUT2D eigenvalue weighted by Gasteiger charge is -2.12. The molecule has 0 unspecified atom stereocenters. The third-order valence-corrected chi connectivity index (χ3v) is 3.87. The van der Waals surface area contributed by atoms with Crippen LogP contribution in [-0.2, 0) is 0 Å². The minimum atomic E-state index is 0.659. The van der Waals surface area contributed by atoms with Crippen LogP contribution in [0.5, 0.6) is 0 Å². The summed E-state index contributed by atoms with van der Waals surface area (Å²) in [6.07, 6.45) is 3.51. The Hall–Kier alpha value is -1.78. The van der Waals surface area contributed by atoms with Gasteiger partial charge in [-0.2, -0.15) is 0 Å². The van der Waals surface area contributed by atoms with Gasteiger partial charge in [0, 0.05) is 39.0 Å². The molecule has 0 atom stereocenters. The molecule has 100 valence electrons. The fraction of sp³-hybridized carbons (Fsp3) is 0. The minimum absolute atomic E-state index is 0.659. The fourth-order valence-electron chi connectivity index (χ4n) is 2.06. The van der Waals surface area contributed by atoms with Crippen LogP contribution in [0.2, 0.25) is 5.02 Å². The highest BCUT2D eigenvalue weighted by Crippen LogP contribution is 2.33. The van der Waals surface area contributed by atoms with Crippen LogP contribution in [0.1, 0.15) is 0 Å². The number of pyridine rings is 1.